The van der Waals surface area contributed by atoms with Gasteiger partial charge in [0.2, 0.25) is 0 Å². The fraction of sp³-hybridized carbons (Fsp3) is 0.467. The third kappa shape index (κ3) is 6.15. The van der Waals surface area contributed by atoms with E-state index in [1.165, 1.54) is 37.7 Å². The van der Waals surface area contributed by atoms with Gasteiger partial charge in [0.1, 0.15) is 6.07 Å². The maximum Gasteiger partial charge on any atom is 0.163 e. The number of hydrogen-bond donors (Lipinski definition) is 1. The fourth-order valence-corrected chi connectivity index (χ4v) is 5.41. The molecule has 2 aromatic carbocycles. The van der Waals surface area contributed by atoms with Gasteiger partial charge in [0.15, 0.2) is 11.5 Å². The van der Waals surface area contributed by atoms with Crippen molar-refractivity contribution in [3.05, 3.63) is 53.7 Å². The second-order valence-corrected chi connectivity index (χ2v) is 9.92. The van der Waals surface area contributed by atoms with Crippen molar-refractivity contribution in [1.29, 1.82) is 5.26 Å². The number of morpholine rings is 1. The minimum atomic E-state index is 0.491. The minimum absolute atomic E-state index is 0.491. The van der Waals surface area contributed by atoms with Crippen LogP contribution >= 0.6 is 0 Å². The van der Waals surface area contributed by atoms with Gasteiger partial charge in [-0.25, -0.2) is 0 Å². The third-order valence-corrected chi connectivity index (χ3v) is 7.51. The van der Waals surface area contributed by atoms with Crippen molar-refractivity contribution in [2.45, 2.75) is 44.4 Å². The molecular weight excluding hydrogens is 464 g/mol. The number of pyridine rings is 1. The van der Waals surface area contributed by atoms with E-state index >= 15 is 0 Å². The zero-order chi connectivity index (χ0) is 25.5. The van der Waals surface area contributed by atoms with Crippen molar-refractivity contribution in [2.75, 3.05) is 51.9 Å². The van der Waals surface area contributed by atoms with E-state index in [1.54, 1.807) is 13.3 Å². The van der Waals surface area contributed by atoms with E-state index in [0.29, 0.717) is 29.6 Å². The summed E-state index contributed by atoms with van der Waals surface area (Å²) in [6.07, 6.45) is 9.09. The Kier molecular flexibility index (Phi) is 8.39. The molecule has 0 atom stereocenters. The van der Waals surface area contributed by atoms with Gasteiger partial charge in [-0.1, -0.05) is 31.4 Å². The number of fused-ring (bicyclic) bond motifs is 1. The van der Waals surface area contributed by atoms with Crippen LogP contribution in [0.25, 0.3) is 10.9 Å². The Morgan fingerprint density at radius 3 is 2.59 bits per heavy atom. The summed E-state index contributed by atoms with van der Waals surface area (Å²) in [5.41, 5.74) is 4.33. The molecule has 2 aliphatic rings. The molecule has 0 radical (unpaired) electrons. The summed E-state index contributed by atoms with van der Waals surface area (Å²) < 4.78 is 17.2. The highest BCUT2D eigenvalue weighted by Gasteiger charge is 2.17. The van der Waals surface area contributed by atoms with Crippen molar-refractivity contribution >= 4 is 22.3 Å². The van der Waals surface area contributed by atoms with Crippen LogP contribution in [0.3, 0.4) is 0 Å². The molecule has 1 saturated heterocycles. The Labute approximate surface area is 219 Å². The van der Waals surface area contributed by atoms with Crippen LogP contribution in [0.15, 0.2) is 42.6 Å². The molecule has 5 rings (SSSR count). The minimum Gasteiger partial charge on any atom is -0.493 e. The Morgan fingerprint density at radius 1 is 1.08 bits per heavy atom. The molecule has 0 bridgehead atoms. The van der Waals surface area contributed by atoms with Crippen LogP contribution in [0.4, 0.5) is 11.4 Å². The molecule has 0 unspecified atom stereocenters. The van der Waals surface area contributed by atoms with E-state index < -0.39 is 0 Å². The summed E-state index contributed by atoms with van der Waals surface area (Å²) in [6.45, 7) is 5.13. The molecule has 1 saturated carbocycles. The molecule has 1 aromatic heterocycles. The number of nitrogens with one attached hydrogen (secondary N) is 1. The predicted molar refractivity (Wildman–Crippen MR) is 146 cm³/mol. The van der Waals surface area contributed by atoms with Crippen LogP contribution in [0, 0.1) is 11.3 Å². The van der Waals surface area contributed by atoms with E-state index in [2.05, 4.69) is 45.5 Å². The maximum absolute atomic E-state index is 9.80. The molecule has 0 spiro atoms. The lowest BCUT2D eigenvalue weighted by atomic mass is 9.84. The van der Waals surface area contributed by atoms with Crippen molar-refractivity contribution in [2.24, 2.45) is 0 Å². The molecule has 37 heavy (non-hydrogen) atoms. The summed E-state index contributed by atoms with van der Waals surface area (Å²) in [6, 6.07) is 14.8. The first kappa shape index (κ1) is 25.3. The lowest BCUT2D eigenvalue weighted by Crippen LogP contribution is -2.37. The number of benzene rings is 2. The second kappa shape index (κ2) is 12.3. The number of rotatable bonds is 9. The smallest absolute Gasteiger partial charge is 0.163 e. The van der Waals surface area contributed by atoms with Gasteiger partial charge in [0.05, 0.1) is 43.7 Å². The standard InChI is InChI=1S/C30H36N4O3/c1-35-28-18-26-27(19-29(28)37-15-5-12-34-13-16-36-17-14-34)32-21-24(20-31)30(26)33-25-10-8-23(9-11-25)22-6-3-2-4-7-22/h8-11,18-19,21-22H,2-7,12-17H2,1H3,(H,32,33). The average molecular weight is 501 g/mol. The van der Waals surface area contributed by atoms with Gasteiger partial charge in [-0.3, -0.25) is 9.88 Å². The highest BCUT2D eigenvalue weighted by Crippen LogP contribution is 2.38. The first-order chi connectivity index (χ1) is 18.2. The number of hydrogen-bond acceptors (Lipinski definition) is 7. The van der Waals surface area contributed by atoms with Crippen LogP contribution in [-0.4, -0.2) is 56.4 Å². The summed E-state index contributed by atoms with van der Waals surface area (Å²) >= 11 is 0. The van der Waals surface area contributed by atoms with Crippen LogP contribution < -0.4 is 14.8 Å². The van der Waals surface area contributed by atoms with Gasteiger partial charge >= 0.3 is 0 Å². The van der Waals surface area contributed by atoms with Gasteiger partial charge in [0.25, 0.3) is 0 Å². The number of anilines is 2. The number of methoxy groups -OCH3 is 1. The van der Waals surface area contributed by atoms with E-state index in [1.807, 2.05) is 12.1 Å². The summed E-state index contributed by atoms with van der Waals surface area (Å²) in [4.78, 5) is 6.95. The summed E-state index contributed by atoms with van der Waals surface area (Å²) in [5, 5.41) is 14.1. The maximum atomic E-state index is 9.80. The van der Waals surface area contributed by atoms with Gasteiger partial charge in [-0.15, -0.1) is 0 Å². The van der Waals surface area contributed by atoms with Gasteiger partial charge < -0.3 is 19.5 Å². The van der Waals surface area contributed by atoms with Crippen LogP contribution in [0.2, 0.25) is 0 Å². The quantitative estimate of drug-likeness (QED) is 0.361. The summed E-state index contributed by atoms with van der Waals surface area (Å²) in [5.74, 6) is 1.96. The average Bonchev–Trinajstić information content (AvgIpc) is 2.96. The van der Waals surface area contributed by atoms with Crippen LogP contribution in [0.1, 0.15) is 55.6 Å². The number of ether oxygens (including phenoxy) is 3. The molecule has 1 N–H and O–H groups in total. The van der Waals surface area contributed by atoms with Crippen LogP contribution in [0.5, 0.6) is 11.5 Å². The van der Waals surface area contributed by atoms with Gasteiger partial charge in [-0.05, 0) is 48.9 Å². The lowest BCUT2D eigenvalue weighted by molar-refractivity contribution is 0.0357. The van der Waals surface area contributed by atoms with E-state index in [-0.39, 0.29) is 0 Å². The zero-order valence-electron chi connectivity index (χ0n) is 21.7. The van der Waals surface area contributed by atoms with Gasteiger partial charge in [0, 0.05) is 43.0 Å². The van der Waals surface area contributed by atoms with E-state index in [9.17, 15) is 5.26 Å². The topological polar surface area (TPSA) is 79.6 Å². The molecule has 0 amide bonds. The summed E-state index contributed by atoms with van der Waals surface area (Å²) in [7, 11) is 1.64. The Balaban J connectivity index is 1.33. The van der Waals surface area contributed by atoms with Crippen molar-refractivity contribution in [3.63, 3.8) is 0 Å². The van der Waals surface area contributed by atoms with Crippen LogP contribution in [-0.2, 0) is 4.74 Å². The second-order valence-electron chi connectivity index (χ2n) is 9.92. The first-order valence-corrected chi connectivity index (χ1v) is 13.5. The Morgan fingerprint density at radius 2 is 1.86 bits per heavy atom. The monoisotopic (exact) mass is 500 g/mol. The zero-order valence-corrected chi connectivity index (χ0v) is 21.7. The lowest BCUT2D eigenvalue weighted by Gasteiger charge is -2.26. The number of nitrogens with zero attached hydrogens (tertiary/aromatic N) is 3. The van der Waals surface area contributed by atoms with Crippen molar-refractivity contribution in [3.8, 4) is 17.6 Å². The predicted octanol–water partition coefficient (Wildman–Crippen LogP) is 6.01. The number of nitriles is 1. The molecule has 7 heteroatoms. The largest absolute Gasteiger partial charge is 0.493 e. The highest BCUT2D eigenvalue weighted by atomic mass is 16.5. The third-order valence-electron chi connectivity index (χ3n) is 7.51. The first-order valence-electron chi connectivity index (χ1n) is 13.5. The Hall–Kier alpha value is -3.34. The molecule has 2 fully saturated rings. The SMILES string of the molecule is COc1cc2c(Nc3ccc(C4CCCCC4)cc3)c(C#N)cnc2cc1OCCCN1CCOCC1. The van der Waals surface area contributed by atoms with E-state index in [4.69, 9.17) is 14.2 Å². The molecule has 7 nitrogen and oxygen atoms in total. The Bertz CT molecular complexity index is 1230. The highest BCUT2D eigenvalue weighted by molar-refractivity contribution is 5.97. The van der Waals surface area contributed by atoms with Crippen molar-refractivity contribution < 1.29 is 14.2 Å². The van der Waals surface area contributed by atoms with Crippen molar-refractivity contribution in [1.82, 2.24) is 9.88 Å². The van der Waals surface area contributed by atoms with Gasteiger partial charge in [-0.2, -0.15) is 5.26 Å². The normalized spacial score (nSPS) is 16.9. The fourth-order valence-electron chi connectivity index (χ4n) is 5.41. The van der Waals surface area contributed by atoms with E-state index in [0.717, 1.165) is 61.5 Å². The molecule has 194 valence electrons. The number of aromatic nitrogens is 1. The molecule has 3 aromatic rings. The molecule has 2 heterocycles. The molecule has 1 aliphatic carbocycles. The molecule has 1 aliphatic heterocycles. The molecular formula is C30H36N4O3.